The van der Waals surface area contributed by atoms with Crippen molar-refractivity contribution < 1.29 is 4.79 Å². The van der Waals surface area contributed by atoms with Gasteiger partial charge in [0.15, 0.2) is 11.5 Å². The molecule has 0 aliphatic rings. The summed E-state index contributed by atoms with van der Waals surface area (Å²) in [6.07, 6.45) is 3.16. The molecule has 1 N–H and O–H groups in total. The summed E-state index contributed by atoms with van der Waals surface area (Å²) < 4.78 is 1.65. The number of rotatable bonds is 3. The fourth-order valence-corrected chi connectivity index (χ4v) is 2.82. The van der Waals surface area contributed by atoms with E-state index in [0.29, 0.717) is 17.2 Å². The van der Waals surface area contributed by atoms with Gasteiger partial charge in [-0.2, -0.15) is 0 Å². The van der Waals surface area contributed by atoms with E-state index in [1.165, 1.54) is 12.3 Å². The summed E-state index contributed by atoms with van der Waals surface area (Å²) in [7, 11) is 0. The number of nitrogens with zero attached hydrogens (tertiary/aromatic N) is 4. The molecule has 0 aliphatic carbocycles. The molecule has 0 bridgehead atoms. The summed E-state index contributed by atoms with van der Waals surface area (Å²) in [5, 5.41) is 7.41. The van der Waals surface area contributed by atoms with E-state index in [4.69, 9.17) is 23.2 Å². The summed E-state index contributed by atoms with van der Waals surface area (Å²) in [5.41, 5.74) is 2.34. The highest BCUT2D eigenvalue weighted by Crippen LogP contribution is 2.24. The smallest absolute Gasteiger partial charge is 0.257 e. The third kappa shape index (κ3) is 3.12. The first-order valence-corrected chi connectivity index (χ1v) is 8.40. The van der Waals surface area contributed by atoms with Crippen LogP contribution in [0.2, 0.25) is 10.2 Å². The lowest BCUT2D eigenvalue weighted by molar-refractivity contribution is 0.102. The quantitative estimate of drug-likeness (QED) is 0.533. The summed E-state index contributed by atoms with van der Waals surface area (Å²) in [6, 6.07) is 14.6. The van der Waals surface area contributed by atoms with Gasteiger partial charge in [-0.3, -0.25) is 4.79 Å². The molecule has 128 valence electrons. The van der Waals surface area contributed by atoms with Crippen LogP contribution in [-0.4, -0.2) is 25.5 Å². The van der Waals surface area contributed by atoms with Crippen molar-refractivity contribution >= 4 is 40.4 Å². The van der Waals surface area contributed by atoms with Crippen molar-refractivity contribution in [3.05, 3.63) is 76.7 Å². The number of amides is 1. The summed E-state index contributed by atoms with van der Waals surface area (Å²) in [6.45, 7) is 0. The van der Waals surface area contributed by atoms with Gasteiger partial charge in [0.25, 0.3) is 5.91 Å². The van der Waals surface area contributed by atoms with Crippen LogP contribution in [0, 0.1) is 0 Å². The molecule has 6 nitrogen and oxygen atoms in total. The molecule has 26 heavy (non-hydrogen) atoms. The molecule has 1 aromatic carbocycles. The van der Waals surface area contributed by atoms with Crippen LogP contribution in [0.5, 0.6) is 0 Å². The Bertz CT molecular complexity index is 1110. The Morgan fingerprint density at radius 2 is 1.88 bits per heavy atom. The first kappa shape index (κ1) is 16.5. The second kappa shape index (κ2) is 6.74. The molecule has 1 amide bonds. The van der Waals surface area contributed by atoms with E-state index in [0.717, 1.165) is 5.56 Å². The van der Waals surface area contributed by atoms with E-state index in [1.807, 2.05) is 30.3 Å². The van der Waals surface area contributed by atoms with Gasteiger partial charge >= 0.3 is 0 Å². The number of hydrogen-bond donors (Lipinski definition) is 1. The van der Waals surface area contributed by atoms with Gasteiger partial charge in [0.2, 0.25) is 0 Å². The molecule has 0 aliphatic heterocycles. The Morgan fingerprint density at radius 3 is 2.69 bits per heavy atom. The molecular weight excluding hydrogens is 373 g/mol. The molecule has 0 unspecified atom stereocenters. The Balaban J connectivity index is 1.63. The van der Waals surface area contributed by atoms with Crippen LogP contribution in [0.15, 0.2) is 60.9 Å². The number of aromatic nitrogens is 4. The fraction of sp³-hybridized carbons (Fsp3) is 0. The van der Waals surface area contributed by atoms with Crippen molar-refractivity contribution in [1.29, 1.82) is 0 Å². The number of pyridine rings is 2. The summed E-state index contributed by atoms with van der Waals surface area (Å²) in [5.74, 6) is 0.226. The van der Waals surface area contributed by atoms with Gasteiger partial charge in [0, 0.05) is 29.7 Å². The second-order valence-electron chi connectivity index (χ2n) is 5.44. The zero-order chi connectivity index (χ0) is 18.1. The highest BCUT2D eigenvalue weighted by molar-refractivity contribution is 6.43. The topological polar surface area (TPSA) is 72.2 Å². The Kier molecular flexibility index (Phi) is 4.28. The molecule has 0 saturated heterocycles. The first-order valence-electron chi connectivity index (χ1n) is 7.65. The van der Waals surface area contributed by atoms with Crippen LogP contribution in [0.3, 0.4) is 0 Å². The number of halogens is 2. The highest BCUT2D eigenvalue weighted by atomic mass is 35.5. The van der Waals surface area contributed by atoms with Gasteiger partial charge in [0.05, 0.1) is 10.6 Å². The van der Waals surface area contributed by atoms with Crippen molar-refractivity contribution in [3.63, 3.8) is 0 Å². The molecule has 0 fully saturated rings. The maximum atomic E-state index is 12.4. The lowest BCUT2D eigenvalue weighted by Crippen LogP contribution is -2.13. The lowest BCUT2D eigenvalue weighted by Gasteiger charge is -2.07. The summed E-state index contributed by atoms with van der Waals surface area (Å²) >= 11 is 11.9. The second-order valence-corrected chi connectivity index (χ2v) is 6.17. The molecule has 4 aromatic rings. The molecule has 3 heterocycles. The number of carbonyl (C=O) groups is 1. The fourth-order valence-electron chi connectivity index (χ4n) is 2.46. The van der Waals surface area contributed by atoms with Gasteiger partial charge in [0.1, 0.15) is 5.15 Å². The van der Waals surface area contributed by atoms with Crippen molar-refractivity contribution in [1.82, 2.24) is 19.6 Å². The molecule has 8 heteroatoms. The lowest BCUT2D eigenvalue weighted by atomic mass is 10.2. The third-order valence-electron chi connectivity index (χ3n) is 3.72. The minimum atomic E-state index is -0.383. The van der Waals surface area contributed by atoms with Gasteiger partial charge in [-0.15, -0.1) is 5.10 Å². The van der Waals surface area contributed by atoms with E-state index in [-0.39, 0.29) is 21.6 Å². The standard InChI is InChI=1S/C18H11Cl2N5O/c19-15-13(6-8-21-16(15)20)18(26)22-12-7-9-25-14(10-12)23-17(24-25)11-4-2-1-3-5-11/h1-10H,(H,22,26). The van der Waals surface area contributed by atoms with E-state index in [1.54, 1.807) is 22.8 Å². The van der Waals surface area contributed by atoms with Gasteiger partial charge < -0.3 is 5.32 Å². The average Bonchev–Trinajstić information content (AvgIpc) is 3.08. The maximum Gasteiger partial charge on any atom is 0.257 e. The SMILES string of the molecule is O=C(Nc1ccn2nc(-c3ccccc3)nc2c1)c1ccnc(Cl)c1Cl. The van der Waals surface area contributed by atoms with Crippen LogP contribution < -0.4 is 5.32 Å². The monoisotopic (exact) mass is 383 g/mol. The largest absolute Gasteiger partial charge is 0.322 e. The van der Waals surface area contributed by atoms with Crippen LogP contribution in [-0.2, 0) is 0 Å². The molecule has 0 atom stereocenters. The van der Waals surface area contributed by atoms with Crippen molar-refractivity contribution in [3.8, 4) is 11.4 Å². The number of hydrogen-bond acceptors (Lipinski definition) is 4. The van der Waals surface area contributed by atoms with Crippen LogP contribution in [0.1, 0.15) is 10.4 Å². The van der Waals surface area contributed by atoms with E-state index in [2.05, 4.69) is 20.4 Å². The number of nitrogens with one attached hydrogen (secondary N) is 1. The Labute approximate surface area is 158 Å². The minimum absolute atomic E-state index is 0.0831. The molecule has 0 spiro atoms. The Hall–Kier alpha value is -2.96. The predicted molar refractivity (Wildman–Crippen MR) is 101 cm³/mol. The molecule has 3 aromatic heterocycles. The van der Waals surface area contributed by atoms with Crippen LogP contribution >= 0.6 is 23.2 Å². The number of benzene rings is 1. The van der Waals surface area contributed by atoms with Crippen molar-refractivity contribution in [2.45, 2.75) is 0 Å². The number of fused-ring (bicyclic) bond motifs is 1. The van der Waals surface area contributed by atoms with Crippen LogP contribution in [0.4, 0.5) is 5.69 Å². The predicted octanol–water partition coefficient (Wildman–Crippen LogP) is 4.35. The number of anilines is 1. The third-order valence-corrected chi connectivity index (χ3v) is 4.48. The molecule has 0 radical (unpaired) electrons. The van der Waals surface area contributed by atoms with E-state index in [9.17, 15) is 4.79 Å². The zero-order valence-corrected chi connectivity index (χ0v) is 14.7. The molecular formula is C18H11Cl2N5O. The zero-order valence-electron chi connectivity index (χ0n) is 13.2. The number of carbonyl (C=O) groups excluding carboxylic acids is 1. The molecule has 4 rings (SSSR count). The van der Waals surface area contributed by atoms with Crippen molar-refractivity contribution in [2.24, 2.45) is 0 Å². The van der Waals surface area contributed by atoms with Crippen LogP contribution in [0.25, 0.3) is 17.0 Å². The van der Waals surface area contributed by atoms with Gasteiger partial charge in [-0.25, -0.2) is 14.5 Å². The highest BCUT2D eigenvalue weighted by Gasteiger charge is 2.14. The first-order chi connectivity index (χ1) is 12.6. The average molecular weight is 384 g/mol. The normalized spacial score (nSPS) is 10.8. The molecule has 0 saturated carbocycles. The maximum absolute atomic E-state index is 12.4. The van der Waals surface area contributed by atoms with E-state index < -0.39 is 0 Å². The summed E-state index contributed by atoms with van der Waals surface area (Å²) in [4.78, 5) is 20.8. The van der Waals surface area contributed by atoms with Gasteiger partial charge in [-0.1, -0.05) is 53.5 Å². The minimum Gasteiger partial charge on any atom is -0.322 e. The Morgan fingerprint density at radius 1 is 1.08 bits per heavy atom. The van der Waals surface area contributed by atoms with Gasteiger partial charge in [-0.05, 0) is 12.1 Å². The van der Waals surface area contributed by atoms with Crippen molar-refractivity contribution in [2.75, 3.05) is 5.32 Å². The van der Waals surface area contributed by atoms with E-state index >= 15 is 0 Å².